The zero-order valence-electron chi connectivity index (χ0n) is 14.5. The topological polar surface area (TPSA) is 3.24 Å². The lowest BCUT2D eigenvalue weighted by Crippen LogP contribution is -2.51. The summed E-state index contributed by atoms with van der Waals surface area (Å²) in [6, 6.07) is 0.717. The zero-order chi connectivity index (χ0) is 15.0. The monoisotopic (exact) mass is 287 g/mol. The molecule has 1 heteroatoms. The highest BCUT2D eigenvalue weighted by Gasteiger charge is 2.50. The van der Waals surface area contributed by atoms with Gasteiger partial charge in [0.1, 0.15) is 0 Å². The van der Waals surface area contributed by atoms with Crippen LogP contribution in [0.25, 0.3) is 0 Å². The number of allylic oxidation sites excluding steroid dienone is 4. The molecule has 0 spiro atoms. The Morgan fingerprint density at radius 3 is 2.67 bits per heavy atom. The molecule has 0 aromatic carbocycles. The molecule has 0 amide bonds. The van der Waals surface area contributed by atoms with Crippen LogP contribution >= 0.6 is 0 Å². The molecule has 1 fully saturated rings. The molecular weight excluding hydrogens is 254 g/mol. The lowest BCUT2D eigenvalue weighted by molar-refractivity contribution is -0.00515. The number of hydrogen-bond acceptors (Lipinski definition) is 1. The van der Waals surface area contributed by atoms with Crippen molar-refractivity contribution >= 4 is 0 Å². The van der Waals surface area contributed by atoms with E-state index in [0.717, 1.165) is 17.9 Å². The summed E-state index contributed by atoms with van der Waals surface area (Å²) in [4.78, 5) is 2.69. The van der Waals surface area contributed by atoms with Gasteiger partial charge < -0.3 is 4.90 Å². The van der Waals surface area contributed by atoms with Crippen LogP contribution in [0.15, 0.2) is 23.3 Å². The van der Waals surface area contributed by atoms with Crippen LogP contribution < -0.4 is 0 Å². The molecule has 4 unspecified atom stereocenters. The maximum absolute atomic E-state index is 2.69. The van der Waals surface area contributed by atoms with Crippen molar-refractivity contribution in [2.24, 2.45) is 17.3 Å². The summed E-state index contributed by atoms with van der Waals surface area (Å²) in [7, 11) is 0. The van der Waals surface area contributed by atoms with Gasteiger partial charge in [0.2, 0.25) is 0 Å². The number of nitrogens with zero attached hydrogens (tertiary/aromatic N) is 1. The lowest BCUT2D eigenvalue weighted by atomic mass is 9.59. The van der Waals surface area contributed by atoms with Gasteiger partial charge in [-0.25, -0.2) is 0 Å². The predicted molar refractivity (Wildman–Crippen MR) is 91.3 cm³/mol. The van der Waals surface area contributed by atoms with E-state index in [2.05, 4.69) is 44.7 Å². The maximum atomic E-state index is 2.69. The highest BCUT2D eigenvalue weighted by atomic mass is 15.2. The second-order valence-corrected chi connectivity index (χ2v) is 7.72. The first-order chi connectivity index (χ1) is 10.1. The van der Waals surface area contributed by atoms with E-state index < -0.39 is 0 Å². The molecule has 0 heterocycles. The van der Waals surface area contributed by atoms with Crippen molar-refractivity contribution < 1.29 is 0 Å². The first-order valence-electron chi connectivity index (χ1n) is 9.21. The third-order valence-electron chi connectivity index (χ3n) is 7.11. The zero-order valence-corrected chi connectivity index (χ0v) is 14.5. The van der Waals surface area contributed by atoms with Gasteiger partial charge in [0.15, 0.2) is 0 Å². The Labute approximate surface area is 131 Å². The smallest absolute Gasteiger partial charge is 0.0123 e. The predicted octanol–water partition coefficient (Wildman–Crippen LogP) is 5.19. The standard InChI is InChI=1S/C20H33N/c1-5-21(6-2)15(3)20(4)13-9-12-18-17-11-8-7-10-16(17)14-19(18)20/h7-8,15,18-19H,5-6,9-14H2,1-4H3. The summed E-state index contributed by atoms with van der Waals surface area (Å²) >= 11 is 0. The molecule has 1 saturated carbocycles. The highest BCUT2D eigenvalue weighted by molar-refractivity contribution is 5.33. The van der Waals surface area contributed by atoms with E-state index in [4.69, 9.17) is 0 Å². The molecule has 1 nitrogen and oxygen atoms in total. The van der Waals surface area contributed by atoms with E-state index >= 15 is 0 Å². The number of rotatable bonds is 4. The number of hydrogen-bond donors (Lipinski definition) is 0. The van der Waals surface area contributed by atoms with Crippen LogP contribution in [0.1, 0.15) is 66.2 Å². The van der Waals surface area contributed by atoms with Gasteiger partial charge in [-0.15, -0.1) is 0 Å². The normalized spacial score (nSPS) is 36.8. The average Bonchev–Trinajstić information content (AvgIpc) is 2.89. The minimum absolute atomic E-state index is 0.506. The average molecular weight is 287 g/mol. The summed E-state index contributed by atoms with van der Waals surface area (Å²) in [5.74, 6) is 1.81. The van der Waals surface area contributed by atoms with Gasteiger partial charge in [0, 0.05) is 6.04 Å². The van der Waals surface area contributed by atoms with Gasteiger partial charge in [-0.05, 0) is 69.4 Å². The fraction of sp³-hybridized carbons (Fsp3) is 0.800. The van der Waals surface area contributed by atoms with Gasteiger partial charge in [0.05, 0.1) is 0 Å². The van der Waals surface area contributed by atoms with Gasteiger partial charge in [0.25, 0.3) is 0 Å². The van der Waals surface area contributed by atoms with Crippen LogP contribution in [0.2, 0.25) is 0 Å². The Balaban J connectivity index is 1.84. The molecule has 4 atom stereocenters. The van der Waals surface area contributed by atoms with Gasteiger partial charge in [-0.2, -0.15) is 0 Å². The first kappa shape index (κ1) is 15.3. The molecule has 0 N–H and O–H groups in total. The Morgan fingerprint density at radius 1 is 1.24 bits per heavy atom. The Hall–Kier alpha value is -0.560. The summed E-state index contributed by atoms with van der Waals surface area (Å²) in [5, 5.41) is 0. The van der Waals surface area contributed by atoms with Crippen molar-refractivity contribution in [2.75, 3.05) is 13.1 Å². The highest BCUT2D eigenvalue weighted by Crippen LogP contribution is 2.58. The van der Waals surface area contributed by atoms with Crippen LogP contribution in [0.4, 0.5) is 0 Å². The van der Waals surface area contributed by atoms with Crippen LogP contribution in [0, 0.1) is 17.3 Å². The third kappa shape index (κ3) is 2.42. The SMILES string of the molecule is CCN(CC)C(C)C1(C)CCCC2C3=C(CC=CC3)CC21. The Bertz CT molecular complexity index is 443. The van der Waals surface area contributed by atoms with Crippen molar-refractivity contribution in [1.82, 2.24) is 4.90 Å². The van der Waals surface area contributed by atoms with Crippen LogP contribution in [-0.4, -0.2) is 24.0 Å². The molecular formula is C20H33N. The van der Waals surface area contributed by atoms with Gasteiger partial charge in [-0.1, -0.05) is 50.5 Å². The minimum Gasteiger partial charge on any atom is -0.301 e. The van der Waals surface area contributed by atoms with Crippen molar-refractivity contribution in [3.05, 3.63) is 23.3 Å². The van der Waals surface area contributed by atoms with Crippen LogP contribution in [0.3, 0.4) is 0 Å². The molecule has 3 aliphatic rings. The van der Waals surface area contributed by atoms with E-state index in [1.54, 1.807) is 0 Å². The first-order valence-corrected chi connectivity index (χ1v) is 9.21. The quantitative estimate of drug-likeness (QED) is 0.643. The lowest BCUT2D eigenvalue weighted by Gasteiger charge is -2.51. The summed E-state index contributed by atoms with van der Waals surface area (Å²) in [5.41, 5.74) is 4.17. The fourth-order valence-electron chi connectivity index (χ4n) is 5.65. The molecule has 21 heavy (non-hydrogen) atoms. The summed E-state index contributed by atoms with van der Waals surface area (Å²) in [6.45, 7) is 12.2. The fourth-order valence-corrected chi connectivity index (χ4v) is 5.65. The van der Waals surface area contributed by atoms with Crippen LogP contribution in [0.5, 0.6) is 0 Å². The molecule has 0 aromatic heterocycles. The molecule has 118 valence electrons. The van der Waals surface area contributed by atoms with E-state index in [1.807, 2.05) is 11.1 Å². The number of fused-ring (bicyclic) bond motifs is 2. The molecule has 0 radical (unpaired) electrons. The van der Waals surface area contributed by atoms with Crippen molar-refractivity contribution in [2.45, 2.75) is 72.3 Å². The van der Waals surface area contributed by atoms with E-state index in [0.29, 0.717) is 5.41 Å². The molecule has 0 bridgehead atoms. The molecule has 0 aliphatic heterocycles. The van der Waals surface area contributed by atoms with Crippen LogP contribution in [-0.2, 0) is 0 Å². The largest absolute Gasteiger partial charge is 0.301 e. The van der Waals surface area contributed by atoms with Crippen molar-refractivity contribution in [3.63, 3.8) is 0 Å². The second kappa shape index (κ2) is 5.91. The van der Waals surface area contributed by atoms with E-state index in [-0.39, 0.29) is 0 Å². The molecule has 0 aromatic rings. The van der Waals surface area contributed by atoms with Crippen molar-refractivity contribution in [3.8, 4) is 0 Å². The maximum Gasteiger partial charge on any atom is 0.0123 e. The second-order valence-electron chi connectivity index (χ2n) is 7.72. The van der Waals surface area contributed by atoms with E-state index in [9.17, 15) is 0 Å². The third-order valence-corrected chi connectivity index (χ3v) is 7.11. The Morgan fingerprint density at radius 2 is 1.95 bits per heavy atom. The van der Waals surface area contributed by atoms with Gasteiger partial charge >= 0.3 is 0 Å². The van der Waals surface area contributed by atoms with Gasteiger partial charge in [-0.3, -0.25) is 0 Å². The molecule has 0 saturated heterocycles. The van der Waals surface area contributed by atoms with Crippen molar-refractivity contribution in [1.29, 1.82) is 0 Å². The summed E-state index contributed by atoms with van der Waals surface area (Å²) < 4.78 is 0. The minimum atomic E-state index is 0.506. The Kier molecular flexibility index (Phi) is 4.32. The summed E-state index contributed by atoms with van der Waals surface area (Å²) in [6.07, 6.45) is 13.0. The molecule has 3 aliphatic carbocycles. The molecule has 3 rings (SSSR count). The van der Waals surface area contributed by atoms with E-state index in [1.165, 1.54) is 51.6 Å².